The van der Waals surface area contributed by atoms with Crippen LogP contribution in [0.3, 0.4) is 0 Å². The molecule has 0 atom stereocenters. The molecule has 0 radical (unpaired) electrons. The summed E-state index contributed by atoms with van der Waals surface area (Å²) in [6.07, 6.45) is 1.39. The molecular formula is C10H15BrN2O2S. The second kappa shape index (κ2) is 5.14. The van der Waals surface area contributed by atoms with Gasteiger partial charge in [0.05, 0.1) is 16.5 Å². The molecule has 1 heterocycles. The lowest BCUT2D eigenvalue weighted by Crippen LogP contribution is -2.33. The lowest BCUT2D eigenvalue weighted by molar-refractivity contribution is 0.0285. The standard InChI is InChI=1S/C10H15BrN2O2S/c1-10(2,3)15-9(14)13(4)6-8-12-5-7(11)16-8/h5H,6H2,1-4H3. The Morgan fingerprint density at radius 1 is 1.62 bits per heavy atom. The van der Waals surface area contributed by atoms with Gasteiger partial charge in [0.25, 0.3) is 0 Å². The number of amides is 1. The molecule has 0 saturated heterocycles. The van der Waals surface area contributed by atoms with Crippen molar-refractivity contribution < 1.29 is 9.53 Å². The van der Waals surface area contributed by atoms with Crippen molar-refractivity contribution in [3.05, 3.63) is 15.0 Å². The Balaban J connectivity index is 2.52. The van der Waals surface area contributed by atoms with Gasteiger partial charge in [0, 0.05) is 7.05 Å². The van der Waals surface area contributed by atoms with E-state index in [1.807, 2.05) is 20.8 Å². The van der Waals surface area contributed by atoms with Gasteiger partial charge in [-0.3, -0.25) is 0 Å². The predicted octanol–water partition coefficient (Wildman–Crippen LogP) is 3.27. The summed E-state index contributed by atoms with van der Waals surface area (Å²) >= 11 is 4.84. The first-order chi connectivity index (χ1) is 7.28. The second-order valence-corrected chi connectivity index (χ2v) is 6.89. The Kier molecular flexibility index (Phi) is 4.32. The van der Waals surface area contributed by atoms with Crippen molar-refractivity contribution in [2.75, 3.05) is 7.05 Å². The largest absolute Gasteiger partial charge is 0.444 e. The topological polar surface area (TPSA) is 42.4 Å². The van der Waals surface area contributed by atoms with E-state index in [0.717, 1.165) is 8.79 Å². The van der Waals surface area contributed by atoms with Crippen molar-refractivity contribution in [1.29, 1.82) is 0 Å². The normalized spacial score (nSPS) is 11.3. The van der Waals surface area contributed by atoms with Crippen LogP contribution in [0.4, 0.5) is 4.79 Å². The summed E-state index contributed by atoms with van der Waals surface area (Å²) in [5.74, 6) is 0. The number of ether oxygens (including phenoxy) is 1. The number of hydrogen-bond donors (Lipinski definition) is 0. The van der Waals surface area contributed by atoms with Crippen molar-refractivity contribution in [2.45, 2.75) is 32.9 Å². The molecule has 0 aliphatic heterocycles. The molecule has 0 spiro atoms. The SMILES string of the molecule is CN(Cc1ncc(Br)s1)C(=O)OC(C)(C)C. The van der Waals surface area contributed by atoms with Crippen LogP contribution in [0.1, 0.15) is 25.8 Å². The molecule has 0 saturated carbocycles. The Morgan fingerprint density at radius 2 is 2.25 bits per heavy atom. The highest BCUT2D eigenvalue weighted by molar-refractivity contribution is 9.11. The highest BCUT2D eigenvalue weighted by Crippen LogP contribution is 2.20. The number of carbonyl (C=O) groups is 1. The van der Waals surface area contributed by atoms with Gasteiger partial charge in [-0.1, -0.05) is 0 Å². The van der Waals surface area contributed by atoms with Crippen molar-refractivity contribution in [3.8, 4) is 0 Å². The van der Waals surface area contributed by atoms with Crippen LogP contribution >= 0.6 is 27.3 Å². The maximum absolute atomic E-state index is 11.6. The summed E-state index contributed by atoms with van der Waals surface area (Å²) < 4.78 is 6.19. The first-order valence-electron chi connectivity index (χ1n) is 4.82. The minimum atomic E-state index is -0.463. The van der Waals surface area contributed by atoms with Gasteiger partial charge in [0.1, 0.15) is 10.6 Å². The fourth-order valence-corrected chi connectivity index (χ4v) is 2.33. The molecule has 0 N–H and O–H groups in total. The molecule has 0 aliphatic carbocycles. The highest BCUT2D eigenvalue weighted by atomic mass is 79.9. The number of carbonyl (C=O) groups excluding carboxylic acids is 1. The van der Waals surface area contributed by atoms with Crippen molar-refractivity contribution in [1.82, 2.24) is 9.88 Å². The molecule has 1 aromatic rings. The van der Waals surface area contributed by atoms with Crippen LogP contribution in [0.2, 0.25) is 0 Å². The number of halogens is 1. The third kappa shape index (κ3) is 4.49. The monoisotopic (exact) mass is 306 g/mol. The molecule has 16 heavy (non-hydrogen) atoms. The number of rotatable bonds is 2. The summed E-state index contributed by atoms with van der Waals surface area (Å²) in [6.45, 7) is 6.00. The second-order valence-electron chi connectivity index (χ2n) is 4.39. The van der Waals surface area contributed by atoms with E-state index in [9.17, 15) is 4.79 Å². The minimum Gasteiger partial charge on any atom is -0.444 e. The van der Waals surface area contributed by atoms with Gasteiger partial charge in [-0.25, -0.2) is 9.78 Å². The summed E-state index contributed by atoms with van der Waals surface area (Å²) in [7, 11) is 1.70. The van der Waals surface area contributed by atoms with Crippen molar-refractivity contribution in [3.63, 3.8) is 0 Å². The Labute approximate surface area is 108 Å². The van der Waals surface area contributed by atoms with Crippen LogP contribution in [0.5, 0.6) is 0 Å². The van der Waals surface area contributed by atoms with Gasteiger partial charge in [0.15, 0.2) is 0 Å². The minimum absolute atomic E-state index is 0.334. The maximum atomic E-state index is 11.6. The Bertz CT molecular complexity index is 373. The maximum Gasteiger partial charge on any atom is 0.410 e. The van der Waals surface area contributed by atoms with E-state index in [0.29, 0.717) is 6.54 Å². The first kappa shape index (κ1) is 13.4. The van der Waals surface area contributed by atoms with Crippen LogP contribution in [0, 0.1) is 0 Å². The molecule has 0 bridgehead atoms. The third-order valence-corrected chi connectivity index (χ3v) is 3.06. The van der Waals surface area contributed by atoms with Crippen LogP contribution in [0.25, 0.3) is 0 Å². The summed E-state index contributed by atoms with van der Waals surface area (Å²) in [5.41, 5.74) is -0.463. The zero-order chi connectivity index (χ0) is 12.3. The smallest absolute Gasteiger partial charge is 0.410 e. The zero-order valence-corrected chi connectivity index (χ0v) is 12.2. The van der Waals surface area contributed by atoms with E-state index in [1.165, 1.54) is 16.2 Å². The van der Waals surface area contributed by atoms with E-state index in [2.05, 4.69) is 20.9 Å². The molecule has 0 aromatic carbocycles. The Hall–Kier alpha value is -0.620. The van der Waals surface area contributed by atoms with Crippen molar-refractivity contribution in [2.24, 2.45) is 0 Å². The quantitative estimate of drug-likeness (QED) is 0.842. The van der Waals surface area contributed by atoms with Gasteiger partial charge >= 0.3 is 6.09 Å². The lowest BCUT2D eigenvalue weighted by Gasteiger charge is -2.24. The number of hydrogen-bond acceptors (Lipinski definition) is 4. The predicted molar refractivity (Wildman–Crippen MR) is 67.5 cm³/mol. The fraction of sp³-hybridized carbons (Fsp3) is 0.600. The molecular weight excluding hydrogens is 292 g/mol. The van der Waals surface area contributed by atoms with E-state index in [4.69, 9.17) is 4.74 Å². The number of aromatic nitrogens is 1. The van der Waals surface area contributed by atoms with Crippen LogP contribution in [-0.2, 0) is 11.3 Å². The van der Waals surface area contributed by atoms with Crippen molar-refractivity contribution >= 4 is 33.4 Å². The van der Waals surface area contributed by atoms with Crippen LogP contribution < -0.4 is 0 Å². The van der Waals surface area contributed by atoms with Gasteiger partial charge in [-0.05, 0) is 36.7 Å². The highest BCUT2D eigenvalue weighted by Gasteiger charge is 2.20. The van der Waals surface area contributed by atoms with Crippen LogP contribution in [0.15, 0.2) is 9.98 Å². The molecule has 0 unspecified atom stereocenters. The van der Waals surface area contributed by atoms with Crippen LogP contribution in [-0.4, -0.2) is 28.6 Å². The molecule has 90 valence electrons. The lowest BCUT2D eigenvalue weighted by atomic mass is 10.2. The van der Waals surface area contributed by atoms with E-state index in [-0.39, 0.29) is 6.09 Å². The molecule has 0 fully saturated rings. The Morgan fingerprint density at radius 3 is 2.69 bits per heavy atom. The van der Waals surface area contributed by atoms with Gasteiger partial charge in [-0.2, -0.15) is 0 Å². The summed E-state index contributed by atoms with van der Waals surface area (Å²) in [4.78, 5) is 17.3. The number of nitrogens with zero attached hydrogens (tertiary/aromatic N) is 2. The average molecular weight is 307 g/mol. The fourth-order valence-electron chi connectivity index (χ4n) is 0.968. The molecule has 4 nitrogen and oxygen atoms in total. The summed E-state index contributed by atoms with van der Waals surface area (Å²) in [6, 6.07) is 0. The molecule has 1 rings (SSSR count). The van der Waals surface area contributed by atoms with E-state index < -0.39 is 5.60 Å². The van der Waals surface area contributed by atoms with Gasteiger partial charge in [0.2, 0.25) is 0 Å². The van der Waals surface area contributed by atoms with E-state index in [1.54, 1.807) is 13.2 Å². The molecule has 6 heteroatoms. The molecule has 1 aromatic heterocycles. The average Bonchev–Trinajstić information content (AvgIpc) is 2.48. The first-order valence-corrected chi connectivity index (χ1v) is 6.43. The van der Waals surface area contributed by atoms with E-state index >= 15 is 0 Å². The summed E-state index contributed by atoms with van der Waals surface area (Å²) in [5, 5.41) is 0.875. The molecule has 1 amide bonds. The number of thiazole rings is 1. The zero-order valence-electron chi connectivity index (χ0n) is 9.78. The third-order valence-electron chi connectivity index (χ3n) is 1.60. The van der Waals surface area contributed by atoms with Gasteiger partial charge < -0.3 is 9.64 Å². The van der Waals surface area contributed by atoms with Gasteiger partial charge in [-0.15, -0.1) is 11.3 Å². The molecule has 0 aliphatic rings.